The molecule has 0 radical (unpaired) electrons. The number of benzene rings is 2. The normalized spacial score (nSPS) is 12.0. The molecule has 0 aliphatic rings. The fraction of sp³-hybridized carbons (Fsp3) is 0.455. The fourth-order valence-electron chi connectivity index (χ4n) is 3.16. The van der Waals surface area contributed by atoms with Crippen molar-refractivity contribution in [2.45, 2.75) is 46.5 Å². The smallest absolute Gasteiger partial charge is 0.120 e. The standard InChI is InChI=1S/C22H31NO/c1-5-7-12-19(6-2)17-23(22-15-9-8-11-18(22)3)20-13-10-14-21(16-20)24-4/h8-11,13-16,19H,5-7,12,17H2,1-4H3. The summed E-state index contributed by atoms with van der Waals surface area (Å²) >= 11 is 0. The minimum Gasteiger partial charge on any atom is -0.497 e. The third-order valence-electron chi connectivity index (χ3n) is 4.76. The molecule has 130 valence electrons. The van der Waals surface area contributed by atoms with Crippen molar-refractivity contribution in [2.24, 2.45) is 5.92 Å². The Hall–Kier alpha value is -1.96. The zero-order valence-electron chi connectivity index (χ0n) is 15.6. The summed E-state index contributed by atoms with van der Waals surface area (Å²) in [6.45, 7) is 7.82. The molecule has 0 saturated carbocycles. The lowest BCUT2D eigenvalue weighted by molar-refractivity contribution is 0.414. The summed E-state index contributed by atoms with van der Waals surface area (Å²) < 4.78 is 5.44. The van der Waals surface area contributed by atoms with E-state index in [9.17, 15) is 0 Å². The van der Waals surface area contributed by atoms with E-state index in [-0.39, 0.29) is 0 Å². The molecule has 0 aliphatic heterocycles. The number of hydrogen-bond acceptors (Lipinski definition) is 2. The molecule has 1 atom stereocenters. The second kappa shape index (κ2) is 9.36. The highest BCUT2D eigenvalue weighted by Gasteiger charge is 2.17. The van der Waals surface area contributed by atoms with E-state index in [0.29, 0.717) is 5.92 Å². The molecular weight excluding hydrogens is 294 g/mol. The Morgan fingerprint density at radius 2 is 1.83 bits per heavy atom. The van der Waals surface area contributed by atoms with E-state index in [0.717, 1.165) is 12.3 Å². The van der Waals surface area contributed by atoms with Gasteiger partial charge in [-0.05, 0) is 43.0 Å². The summed E-state index contributed by atoms with van der Waals surface area (Å²) in [6.07, 6.45) is 5.07. The monoisotopic (exact) mass is 325 g/mol. The van der Waals surface area contributed by atoms with Crippen LogP contribution in [0.3, 0.4) is 0 Å². The zero-order chi connectivity index (χ0) is 17.4. The van der Waals surface area contributed by atoms with Crippen LogP contribution in [-0.4, -0.2) is 13.7 Å². The highest BCUT2D eigenvalue weighted by molar-refractivity contribution is 5.67. The Kier molecular flexibility index (Phi) is 7.17. The van der Waals surface area contributed by atoms with Crippen LogP contribution in [0, 0.1) is 12.8 Å². The lowest BCUT2D eigenvalue weighted by Crippen LogP contribution is -2.25. The van der Waals surface area contributed by atoms with Gasteiger partial charge < -0.3 is 9.64 Å². The molecule has 24 heavy (non-hydrogen) atoms. The van der Waals surface area contributed by atoms with Gasteiger partial charge in [0.05, 0.1) is 7.11 Å². The molecule has 1 unspecified atom stereocenters. The van der Waals surface area contributed by atoms with Gasteiger partial charge in [0.15, 0.2) is 0 Å². The van der Waals surface area contributed by atoms with E-state index in [4.69, 9.17) is 4.74 Å². The molecule has 2 aromatic rings. The van der Waals surface area contributed by atoms with Crippen LogP contribution in [0.2, 0.25) is 0 Å². The second-order valence-electron chi connectivity index (χ2n) is 6.52. The molecule has 2 nitrogen and oxygen atoms in total. The lowest BCUT2D eigenvalue weighted by atomic mass is 9.97. The van der Waals surface area contributed by atoms with E-state index in [1.54, 1.807) is 7.11 Å². The average molecular weight is 325 g/mol. The van der Waals surface area contributed by atoms with E-state index >= 15 is 0 Å². The fourth-order valence-corrected chi connectivity index (χ4v) is 3.16. The van der Waals surface area contributed by atoms with Crippen LogP contribution in [0.4, 0.5) is 11.4 Å². The summed E-state index contributed by atoms with van der Waals surface area (Å²) in [6, 6.07) is 17.1. The van der Waals surface area contributed by atoms with Gasteiger partial charge >= 0.3 is 0 Å². The molecule has 0 fully saturated rings. The van der Waals surface area contributed by atoms with Gasteiger partial charge in [-0.1, -0.05) is 57.4 Å². The molecule has 2 aromatic carbocycles. The van der Waals surface area contributed by atoms with Gasteiger partial charge in [-0.2, -0.15) is 0 Å². The average Bonchev–Trinajstić information content (AvgIpc) is 2.63. The van der Waals surface area contributed by atoms with Crippen LogP contribution in [0.5, 0.6) is 5.75 Å². The number of para-hydroxylation sites is 1. The summed E-state index contributed by atoms with van der Waals surface area (Å²) in [5.41, 5.74) is 3.81. The maximum atomic E-state index is 5.44. The third kappa shape index (κ3) is 4.77. The molecular formula is C22H31NO. The number of unbranched alkanes of at least 4 members (excludes halogenated alkanes) is 1. The Balaban J connectivity index is 2.35. The first-order valence-electron chi connectivity index (χ1n) is 9.16. The first-order chi connectivity index (χ1) is 11.7. The Morgan fingerprint density at radius 3 is 2.50 bits per heavy atom. The maximum absolute atomic E-state index is 5.44. The number of rotatable bonds is 9. The molecule has 0 heterocycles. The Bertz CT molecular complexity index is 623. The molecule has 0 amide bonds. The van der Waals surface area contributed by atoms with Crippen molar-refractivity contribution < 1.29 is 4.74 Å². The van der Waals surface area contributed by atoms with Crippen LogP contribution in [0.25, 0.3) is 0 Å². The Morgan fingerprint density at radius 1 is 1.04 bits per heavy atom. The highest BCUT2D eigenvalue weighted by Crippen LogP contribution is 2.32. The lowest BCUT2D eigenvalue weighted by Gasteiger charge is -2.31. The van der Waals surface area contributed by atoms with Gasteiger partial charge in [0.25, 0.3) is 0 Å². The van der Waals surface area contributed by atoms with Gasteiger partial charge in [-0.25, -0.2) is 0 Å². The summed E-state index contributed by atoms with van der Waals surface area (Å²) in [7, 11) is 1.73. The van der Waals surface area contributed by atoms with Gasteiger partial charge in [0.1, 0.15) is 5.75 Å². The van der Waals surface area contributed by atoms with Crippen molar-refractivity contribution in [1.82, 2.24) is 0 Å². The number of aryl methyl sites for hydroxylation is 1. The number of nitrogens with zero attached hydrogens (tertiary/aromatic N) is 1. The van der Waals surface area contributed by atoms with Gasteiger partial charge in [-0.15, -0.1) is 0 Å². The molecule has 0 N–H and O–H groups in total. The van der Waals surface area contributed by atoms with Crippen molar-refractivity contribution in [2.75, 3.05) is 18.6 Å². The van der Waals surface area contributed by atoms with Crippen LogP contribution in [0.15, 0.2) is 48.5 Å². The van der Waals surface area contributed by atoms with Crippen LogP contribution in [0.1, 0.15) is 45.1 Å². The van der Waals surface area contributed by atoms with Crippen molar-refractivity contribution in [1.29, 1.82) is 0 Å². The van der Waals surface area contributed by atoms with Gasteiger partial charge in [0, 0.05) is 24.0 Å². The topological polar surface area (TPSA) is 12.5 Å². The second-order valence-corrected chi connectivity index (χ2v) is 6.52. The predicted molar refractivity (Wildman–Crippen MR) is 104 cm³/mol. The summed E-state index contributed by atoms with van der Waals surface area (Å²) in [5, 5.41) is 0. The number of anilines is 2. The largest absolute Gasteiger partial charge is 0.497 e. The number of ether oxygens (including phenoxy) is 1. The molecule has 0 aliphatic carbocycles. The van der Waals surface area contributed by atoms with E-state index in [1.165, 1.54) is 42.6 Å². The molecule has 2 rings (SSSR count). The van der Waals surface area contributed by atoms with Crippen molar-refractivity contribution in [3.63, 3.8) is 0 Å². The van der Waals surface area contributed by atoms with Crippen molar-refractivity contribution in [3.8, 4) is 5.75 Å². The van der Waals surface area contributed by atoms with Crippen LogP contribution < -0.4 is 9.64 Å². The van der Waals surface area contributed by atoms with E-state index < -0.39 is 0 Å². The molecule has 0 spiro atoms. The minimum absolute atomic E-state index is 0.704. The summed E-state index contributed by atoms with van der Waals surface area (Å²) in [4.78, 5) is 2.46. The minimum atomic E-state index is 0.704. The predicted octanol–water partition coefficient (Wildman–Crippen LogP) is 6.36. The quantitative estimate of drug-likeness (QED) is 0.532. The van der Waals surface area contributed by atoms with Gasteiger partial charge in [0.2, 0.25) is 0 Å². The number of methoxy groups -OCH3 is 1. The zero-order valence-corrected chi connectivity index (χ0v) is 15.6. The van der Waals surface area contributed by atoms with E-state index in [1.807, 2.05) is 6.07 Å². The van der Waals surface area contributed by atoms with Crippen molar-refractivity contribution >= 4 is 11.4 Å². The molecule has 2 heteroatoms. The van der Waals surface area contributed by atoms with Crippen molar-refractivity contribution in [3.05, 3.63) is 54.1 Å². The maximum Gasteiger partial charge on any atom is 0.120 e. The number of hydrogen-bond donors (Lipinski definition) is 0. The van der Waals surface area contributed by atoms with E-state index in [2.05, 4.69) is 68.1 Å². The summed E-state index contributed by atoms with van der Waals surface area (Å²) in [5.74, 6) is 1.61. The first kappa shape index (κ1) is 18.4. The first-order valence-corrected chi connectivity index (χ1v) is 9.16. The van der Waals surface area contributed by atoms with Crippen LogP contribution >= 0.6 is 0 Å². The van der Waals surface area contributed by atoms with Gasteiger partial charge in [-0.3, -0.25) is 0 Å². The molecule has 0 aromatic heterocycles. The third-order valence-corrected chi connectivity index (χ3v) is 4.76. The SMILES string of the molecule is CCCCC(CC)CN(c1cccc(OC)c1)c1ccccc1C. The molecule has 0 saturated heterocycles. The highest BCUT2D eigenvalue weighted by atomic mass is 16.5. The molecule has 0 bridgehead atoms. The Labute approximate surface area is 147 Å². The van der Waals surface area contributed by atoms with Crippen LogP contribution in [-0.2, 0) is 0 Å².